The lowest BCUT2D eigenvalue weighted by Crippen LogP contribution is -2.39. The third kappa shape index (κ3) is 5.64. The van der Waals surface area contributed by atoms with Gasteiger partial charge in [-0.3, -0.25) is 9.36 Å². The molecular weight excluding hydrogens is 425 g/mol. The normalized spacial score (nSPS) is 22.6. The van der Waals surface area contributed by atoms with Gasteiger partial charge in [0.2, 0.25) is 0 Å². The second-order valence-electron chi connectivity index (χ2n) is 7.82. The van der Waals surface area contributed by atoms with Crippen LogP contribution in [-0.4, -0.2) is 34.9 Å². The average molecular weight is 452 g/mol. The first-order valence-electron chi connectivity index (χ1n) is 10.1. The Morgan fingerprint density at radius 1 is 1.20 bits per heavy atom. The van der Waals surface area contributed by atoms with Gasteiger partial charge in [0.05, 0.1) is 11.9 Å². The Bertz CT molecular complexity index is 901. The molecule has 1 N–H and O–H groups in total. The van der Waals surface area contributed by atoms with Crippen LogP contribution in [0.1, 0.15) is 33.1 Å². The number of carboxylic acid groups (broad SMARTS) is 1. The highest BCUT2D eigenvalue weighted by Crippen LogP contribution is 2.54. The molecule has 0 radical (unpaired) electrons. The van der Waals surface area contributed by atoms with Crippen molar-refractivity contribution in [2.24, 2.45) is 5.92 Å². The van der Waals surface area contributed by atoms with Gasteiger partial charge in [0.25, 0.3) is 0 Å². The van der Waals surface area contributed by atoms with Crippen molar-refractivity contribution in [3.05, 3.63) is 53.6 Å². The van der Waals surface area contributed by atoms with E-state index in [0.717, 1.165) is 19.3 Å². The molecule has 0 bridgehead atoms. The van der Waals surface area contributed by atoms with E-state index in [1.807, 2.05) is 0 Å². The van der Waals surface area contributed by atoms with Gasteiger partial charge in [0.1, 0.15) is 18.0 Å². The van der Waals surface area contributed by atoms with E-state index in [9.17, 15) is 14.5 Å². The maximum atomic E-state index is 14.0. The number of aliphatic carboxylic acids is 1. The van der Waals surface area contributed by atoms with Crippen LogP contribution < -0.4 is 10.0 Å². The number of hydrogen-bond donors (Lipinski definition) is 1. The number of carboxylic acids is 1. The molecule has 3 rings (SSSR count). The summed E-state index contributed by atoms with van der Waals surface area (Å²) in [6.45, 7) is 4.18. The number of nitrogens with zero attached hydrogens (tertiary/aromatic N) is 1. The van der Waals surface area contributed by atoms with Gasteiger partial charge in [-0.1, -0.05) is 25.4 Å². The topological polar surface area (TPSA) is 76.1 Å². The summed E-state index contributed by atoms with van der Waals surface area (Å²) < 4.78 is 27.2. The van der Waals surface area contributed by atoms with E-state index in [1.165, 1.54) is 0 Å². The highest BCUT2D eigenvalue weighted by atomic mass is 35.5. The van der Waals surface area contributed by atoms with Crippen LogP contribution >= 0.6 is 19.1 Å². The van der Waals surface area contributed by atoms with Crippen LogP contribution in [0.25, 0.3) is 0 Å². The van der Waals surface area contributed by atoms with Crippen molar-refractivity contribution >= 4 is 30.4 Å². The van der Waals surface area contributed by atoms with E-state index in [2.05, 4.69) is 13.8 Å². The molecule has 0 saturated carbocycles. The molecule has 8 heteroatoms. The molecule has 2 atom stereocenters. The molecule has 1 aliphatic heterocycles. The van der Waals surface area contributed by atoms with Gasteiger partial charge >= 0.3 is 13.5 Å². The highest BCUT2D eigenvalue weighted by Gasteiger charge is 2.41. The lowest BCUT2D eigenvalue weighted by molar-refractivity contribution is -0.137. The van der Waals surface area contributed by atoms with Crippen molar-refractivity contribution in [2.45, 2.75) is 39.2 Å². The van der Waals surface area contributed by atoms with Crippen LogP contribution in [0.15, 0.2) is 48.5 Å². The van der Waals surface area contributed by atoms with Crippen LogP contribution in [0.4, 0.5) is 0 Å². The summed E-state index contributed by atoms with van der Waals surface area (Å²) in [5.41, 5.74) is 0. The fraction of sp³-hybridized carbons (Fsp3) is 0.409. The second kappa shape index (κ2) is 9.97. The average Bonchev–Trinajstić information content (AvgIpc) is 2.84. The number of carbonyl (C=O) groups is 1. The first-order valence-corrected chi connectivity index (χ1v) is 12.0. The molecule has 2 aromatic carbocycles. The Hall–Kier alpha value is -1.85. The lowest BCUT2D eigenvalue weighted by atomic mass is 10.00. The molecular formula is C22H27ClNO5P. The summed E-state index contributed by atoms with van der Waals surface area (Å²) in [5, 5.41) is 10.6. The van der Waals surface area contributed by atoms with Crippen LogP contribution in [0.3, 0.4) is 0 Å². The quantitative estimate of drug-likeness (QED) is 0.555. The fourth-order valence-electron chi connectivity index (χ4n) is 3.65. The number of rotatable bonds is 7. The number of halogens is 1. The smallest absolute Gasteiger partial charge is 0.318 e. The van der Waals surface area contributed by atoms with Gasteiger partial charge in [-0.25, -0.2) is 4.67 Å². The summed E-state index contributed by atoms with van der Waals surface area (Å²) in [5.74, 6) is 0.546. The maximum absolute atomic E-state index is 14.0. The standard InChI is InChI=1S/C22H27ClNO5P/c1-16(2)14-18-4-3-13-28-30(27,24(18)15-22(25)26)21-11-9-20(10-12-21)29-19-7-5-17(23)6-8-19/h5-12,16,18H,3-4,13-15H2,1-2H3,(H,25,26). The van der Waals surface area contributed by atoms with E-state index in [1.54, 1.807) is 53.2 Å². The van der Waals surface area contributed by atoms with Crippen LogP contribution in [0, 0.1) is 5.92 Å². The predicted molar refractivity (Wildman–Crippen MR) is 118 cm³/mol. The molecule has 2 aromatic rings. The van der Waals surface area contributed by atoms with Crippen molar-refractivity contribution < 1.29 is 23.7 Å². The van der Waals surface area contributed by atoms with Gasteiger partial charge in [-0.05, 0) is 73.7 Å². The summed E-state index contributed by atoms with van der Waals surface area (Å²) in [7, 11) is -3.51. The Morgan fingerprint density at radius 3 is 2.37 bits per heavy atom. The Balaban J connectivity index is 1.88. The molecule has 1 saturated heterocycles. The molecule has 0 spiro atoms. The van der Waals surface area contributed by atoms with Gasteiger partial charge < -0.3 is 14.4 Å². The predicted octanol–water partition coefficient (Wildman–Crippen LogP) is 5.56. The number of hydrogen-bond acceptors (Lipinski definition) is 4. The Labute approximate surface area is 182 Å². The number of ether oxygens (including phenoxy) is 1. The highest BCUT2D eigenvalue weighted by molar-refractivity contribution is 7.64. The fourth-order valence-corrected chi connectivity index (χ4v) is 6.22. The van der Waals surface area contributed by atoms with Crippen molar-refractivity contribution in [1.29, 1.82) is 0 Å². The minimum absolute atomic E-state index is 0.112. The van der Waals surface area contributed by atoms with E-state index in [4.69, 9.17) is 20.9 Å². The summed E-state index contributed by atoms with van der Waals surface area (Å²) in [6.07, 6.45) is 2.26. The zero-order valence-electron chi connectivity index (χ0n) is 17.2. The molecule has 0 amide bonds. The third-order valence-electron chi connectivity index (χ3n) is 4.96. The number of benzene rings is 2. The van der Waals surface area contributed by atoms with Crippen molar-refractivity contribution in [3.63, 3.8) is 0 Å². The Kier molecular flexibility index (Phi) is 7.59. The van der Waals surface area contributed by atoms with Crippen LogP contribution in [-0.2, 0) is 13.9 Å². The van der Waals surface area contributed by atoms with E-state index in [-0.39, 0.29) is 12.6 Å². The van der Waals surface area contributed by atoms with E-state index >= 15 is 0 Å². The molecule has 2 unspecified atom stereocenters. The maximum Gasteiger partial charge on any atom is 0.318 e. The molecule has 1 heterocycles. The molecule has 6 nitrogen and oxygen atoms in total. The first-order chi connectivity index (χ1) is 14.3. The molecule has 30 heavy (non-hydrogen) atoms. The van der Waals surface area contributed by atoms with Crippen molar-refractivity contribution in [3.8, 4) is 11.5 Å². The molecule has 0 aliphatic carbocycles. The lowest BCUT2D eigenvalue weighted by Gasteiger charge is -2.34. The minimum atomic E-state index is -3.51. The van der Waals surface area contributed by atoms with Gasteiger partial charge in [0.15, 0.2) is 0 Å². The Morgan fingerprint density at radius 2 is 1.80 bits per heavy atom. The second-order valence-corrected chi connectivity index (χ2v) is 10.6. The molecule has 0 aromatic heterocycles. The van der Waals surface area contributed by atoms with E-state index in [0.29, 0.717) is 34.4 Å². The molecule has 162 valence electrons. The minimum Gasteiger partial charge on any atom is -0.480 e. The van der Waals surface area contributed by atoms with Crippen LogP contribution in [0.2, 0.25) is 5.02 Å². The van der Waals surface area contributed by atoms with Crippen LogP contribution in [0.5, 0.6) is 11.5 Å². The third-order valence-corrected chi connectivity index (χ3v) is 7.84. The monoisotopic (exact) mass is 451 g/mol. The summed E-state index contributed by atoms with van der Waals surface area (Å²) in [4.78, 5) is 11.6. The SMILES string of the molecule is CC(C)CC1CCCOP(=O)(c2ccc(Oc3ccc(Cl)cc3)cc2)N1CC(=O)O. The largest absolute Gasteiger partial charge is 0.480 e. The molecule has 1 aliphatic rings. The first kappa shape index (κ1) is 22.8. The van der Waals surface area contributed by atoms with Crippen molar-refractivity contribution in [1.82, 2.24) is 4.67 Å². The van der Waals surface area contributed by atoms with E-state index < -0.39 is 13.5 Å². The van der Waals surface area contributed by atoms with Gasteiger partial charge in [-0.2, -0.15) is 0 Å². The zero-order valence-corrected chi connectivity index (χ0v) is 18.8. The summed E-state index contributed by atoms with van der Waals surface area (Å²) >= 11 is 5.90. The van der Waals surface area contributed by atoms with Crippen molar-refractivity contribution in [2.75, 3.05) is 13.2 Å². The summed E-state index contributed by atoms with van der Waals surface area (Å²) in [6, 6.07) is 13.7. The van der Waals surface area contributed by atoms with Gasteiger partial charge in [-0.15, -0.1) is 0 Å². The molecule has 1 fully saturated rings. The van der Waals surface area contributed by atoms with Gasteiger partial charge in [0, 0.05) is 11.1 Å². The zero-order chi connectivity index (χ0) is 21.7.